The predicted octanol–water partition coefficient (Wildman–Crippen LogP) is 4.73. The average molecular weight is 296 g/mol. The van der Waals surface area contributed by atoms with E-state index in [4.69, 9.17) is 16.3 Å². The van der Waals surface area contributed by atoms with Crippen molar-refractivity contribution in [2.45, 2.75) is 39.3 Å². The highest BCUT2D eigenvalue weighted by atomic mass is 35.5. The molecule has 0 saturated heterocycles. The van der Waals surface area contributed by atoms with E-state index >= 15 is 0 Å². The highest BCUT2D eigenvalue weighted by Crippen LogP contribution is 2.24. The van der Waals surface area contributed by atoms with Gasteiger partial charge >= 0.3 is 6.09 Å². The largest absolute Gasteiger partial charge is 0.444 e. The fourth-order valence-corrected chi connectivity index (χ4v) is 1.89. The Morgan fingerprint density at radius 1 is 1.35 bits per heavy atom. The lowest BCUT2D eigenvalue weighted by atomic mass is 9.95. The Hall–Kier alpha value is -1.48. The van der Waals surface area contributed by atoms with Crippen LogP contribution in [0.25, 0.3) is 0 Å². The van der Waals surface area contributed by atoms with E-state index in [-0.39, 0.29) is 12.0 Å². The maximum absolute atomic E-state index is 11.9. The Labute approximate surface area is 126 Å². The molecule has 4 heteroatoms. The SMILES string of the molecule is C=C[C@@H](C)[C@H](NC(=O)OC(C)(C)C)c1ccc(Cl)cc1. The molecule has 0 spiro atoms. The Morgan fingerprint density at radius 3 is 2.35 bits per heavy atom. The van der Waals surface area contributed by atoms with E-state index in [1.807, 2.05) is 39.8 Å². The molecule has 0 radical (unpaired) electrons. The Morgan fingerprint density at radius 2 is 1.90 bits per heavy atom. The second kappa shape index (κ2) is 6.80. The maximum atomic E-state index is 11.9. The molecule has 1 N–H and O–H groups in total. The summed E-state index contributed by atoms with van der Waals surface area (Å²) in [5.41, 5.74) is 0.444. The molecule has 0 aliphatic rings. The lowest BCUT2D eigenvalue weighted by Crippen LogP contribution is -2.37. The zero-order valence-electron chi connectivity index (χ0n) is 12.4. The molecule has 0 saturated carbocycles. The predicted molar refractivity (Wildman–Crippen MR) is 82.9 cm³/mol. The van der Waals surface area contributed by atoms with Gasteiger partial charge in [0, 0.05) is 5.02 Å². The molecule has 0 fully saturated rings. The minimum atomic E-state index is -0.522. The van der Waals surface area contributed by atoms with Crippen molar-refractivity contribution in [3.63, 3.8) is 0 Å². The van der Waals surface area contributed by atoms with Crippen molar-refractivity contribution in [3.8, 4) is 0 Å². The fraction of sp³-hybridized carbons (Fsp3) is 0.438. The number of alkyl carbamates (subject to hydrolysis) is 1. The third kappa shape index (κ3) is 5.25. The minimum absolute atomic E-state index is 0.0729. The first-order chi connectivity index (χ1) is 9.23. The van der Waals surface area contributed by atoms with E-state index < -0.39 is 11.7 Å². The number of nitrogens with one attached hydrogen (secondary N) is 1. The highest BCUT2D eigenvalue weighted by molar-refractivity contribution is 6.30. The van der Waals surface area contributed by atoms with Crippen LogP contribution in [-0.4, -0.2) is 11.7 Å². The van der Waals surface area contributed by atoms with Gasteiger partial charge in [-0.3, -0.25) is 0 Å². The number of carbonyl (C=O) groups is 1. The number of benzene rings is 1. The molecule has 1 aromatic carbocycles. The molecule has 0 aromatic heterocycles. The van der Waals surface area contributed by atoms with Crippen LogP contribution in [0.1, 0.15) is 39.3 Å². The highest BCUT2D eigenvalue weighted by Gasteiger charge is 2.23. The maximum Gasteiger partial charge on any atom is 0.408 e. The van der Waals surface area contributed by atoms with Gasteiger partial charge in [-0.1, -0.05) is 36.7 Å². The second-order valence-corrected chi connectivity index (χ2v) is 6.21. The number of hydrogen-bond donors (Lipinski definition) is 1. The van der Waals surface area contributed by atoms with Crippen LogP contribution in [0.5, 0.6) is 0 Å². The third-order valence-corrected chi connectivity index (χ3v) is 3.05. The van der Waals surface area contributed by atoms with E-state index in [1.165, 1.54) is 0 Å². The van der Waals surface area contributed by atoms with Gasteiger partial charge in [-0.25, -0.2) is 4.79 Å². The molecule has 20 heavy (non-hydrogen) atoms. The van der Waals surface area contributed by atoms with Gasteiger partial charge in [0.1, 0.15) is 5.60 Å². The monoisotopic (exact) mass is 295 g/mol. The number of rotatable bonds is 4. The topological polar surface area (TPSA) is 38.3 Å². The molecule has 0 bridgehead atoms. The number of amides is 1. The van der Waals surface area contributed by atoms with Gasteiger partial charge in [0.2, 0.25) is 0 Å². The first-order valence-corrected chi connectivity index (χ1v) is 6.98. The van der Waals surface area contributed by atoms with Gasteiger partial charge in [0.25, 0.3) is 0 Å². The van der Waals surface area contributed by atoms with Crippen molar-refractivity contribution in [2.75, 3.05) is 0 Å². The van der Waals surface area contributed by atoms with Crippen molar-refractivity contribution in [1.29, 1.82) is 0 Å². The lowest BCUT2D eigenvalue weighted by molar-refractivity contribution is 0.0493. The molecule has 2 atom stereocenters. The van der Waals surface area contributed by atoms with Crippen molar-refractivity contribution < 1.29 is 9.53 Å². The Bertz CT molecular complexity index is 462. The van der Waals surface area contributed by atoms with Gasteiger partial charge in [-0.15, -0.1) is 6.58 Å². The molecule has 0 aliphatic heterocycles. The van der Waals surface area contributed by atoms with Crippen molar-refractivity contribution in [2.24, 2.45) is 5.92 Å². The van der Waals surface area contributed by atoms with E-state index in [1.54, 1.807) is 18.2 Å². The quantitative estimate of drug-likeness (QED) is 0.816. The molecule has 1 aromatic rings. The van der Waals surface area contributed by atoms with Crippen molar-refractivity contribution in [1.82, 2.24) is 5.32 Å². The normalized spacial score (nSPS) is 14.2. The number of carbonyl (C=O) groups excluding carboxylic acids is 1. The summed E-state index contributed by atoms with van der Waals surface area (Å²) in [5, 5.41) is 3.55. The van der Waals surface area contributed by atoms with Crippen LogP contribution in [-0.2, 0) is 4.74 Å². The number of halogens is 1. The second-order valence-electron chi connectivity index (χ2n) is 5.77. The zero-order chi connectivity index (χ0) is 15.3. The standard InChI is InChI=1S/C16H22ClNO2/c1-6-11(2)14(12-7-9-13(17)10-8-12)18-15(19)20-16(3,4)5/h6-11,14H,1H2,2-5H3,(H,18,19)/t11-,14+/m1/s1. The average Bonchev–Trinajstić information content (AvgIpc) is 2.34. The first-order valence-electron chi connectivity index (χ1n) is 6.60. The van der Waals surface area contributed by atoms with Crippen LogP contribution in [0.15, 0.2) is 36.9 Å². The first kappa shape index (κ1) is 16.6. The molecule has 0 unspecified atom stereocenters. The van der Waals surface area contributed by atoms with E-state index in [0.717, 1.165) is 5.56 Å². The minimum Gasteiger partial charge on any atom is -0.444 e. The summed E-state index contributed by atoms with van der Waals surface area (Å²) in [7, 11) is 0. The summed E-state index contributed by atoms with van der Waals surface area (Å²) < 4.78 is 5.30. The zero-order valence-corrected chi connectivity index (χ0v) is 13.2. The smallest absolute Gasteiger partial charge is 0.408 e. The van der Waals surface area contributed by atoms with Gasteiger partial charge in [0.15, 0.2) is 0 Å². The summed E-state index contributed by atoms with van der Waals surface area (Å²) >= 11 is 5.89. The molecular formula is C16H22ClNO2. The lowest BCUT2D eigenvalue weighted by Gasteiger charge is -2.26. The number of ether oxygens (including phenoxy) is 1. The van der Waals surface area contributed by atoms with E-state index in [0.29, 0.717) is 5.02 Å². The van der Waals surface area contributed by atoms with Crippen LogP contribution in [0.4, 0.5) is 4.79 Å². The van der Waals surface area contributed by atoms with Crippen LogP contribution >= 0.6 is 11.6 Å². The molecule has 1 rings (SSSR count). The Balaban J connectivity index is 2.88. The van der Waals surface area contributed by atoms with E-state index in [9.17, 15) is 4.79 Å². The summed E-state index contributed by atoms with van der Waals surface area (Å²) in [6.07, 6.45) is 1.36. The summed E-state index contributed by atoms with van der Waals surface area (Å²) in [4.78, 5) is 11.9. The van der Waals surface area contributed by atoms with E-state index in [2.05, 4.69) is 11.9 Å². The third-order valence-electron chi connectivity index (χ3n) is 2.80. The fourth-order valence-electron chi connectivity index (χ4n) is 1.76. The van der Waals surface area contributed by atoms with Crippen LogP contribution in [0.2, 0.25) is 5.02 Å². The van der Waals surface area contributed by atoms with Gasteiger partial charge < -0.3 is 10.1 Å². The summed E-state index contributed by atoms with van der Waals surface area (Å²) in [6.45, 7) is 11.3. The molecular weight excluding hydrogens is 274 g/mol. The van der Waals surface area contributed by atoms with Crippen molar-refractivity contribution in [3.05, 3.63) is 47.5 Å². The molecule has 1 amide bonds. The Kier molecular flexibility index (Phi) is 5.63. The van der Waals surface area contributed by atoms with Crippen LogP contribution in [0.3, 0.4) is 0 Å². The van der Waals surface area contributed by atoms with Gasteiger partial charge in [0.05, 0.1) is 6.04 Å². The molecule has 0 heterocycles. The van der Waals surface area contributed by atoms with Gasteiger partial charge in [-0.05, 0) is 44.4 Å². The van der Waals surface area contributed by atoms with Crippen molar-refractivity contribution >= 4 is 17.7 Å². The van der Waals surface area contributed by atoms with Gasteiger partial charge in [-0.2, -0.15) is 0 Å². The van der Waals surface area contributed by atoms with Crippen LogP contribution in [0, 0.1) is 5.92 Å². The molecule has 110 valence electrons. The molecule has 3 nitrogen and oxygen atoms in total. The number of hydrogen-bond acceptors (Lipinski definition) is 2. The molecule has 0 aliphatic carbocycles. The van der Waals surface area contributed by atoms with Crippen LogP contribution < -0.4 is 5.32 Å². The summed E-state index contributed by atoms with van der Waals surface area (Å²) in [6, 6.07) is 7.20. The summed E-state index contributed by atoms with van der Waals surface area (Å²) in [5.74, 6) is 0.0729.